The number of nitrogens with one attached hydrogen (secondary N) is 1. The zero-order chi connectivity index (χ0) is 12.0. The number of benzene rings is 1. The molecule has 0 saturated carbocycles. The Labute approximate surface area is 93.6 Å². The Morgan fingerprint density at radius 3 is 2.56 bits per heavy atom. The number of carbonyl (C=O) groups is 1. The highest BCUT2D eigenvalue weighted by atomic mass is 19.1. The van der Waals surface area contributed by atoms with Gasteiger partial charge < -0.3 is 10.4 Å². The van der Waals surface area contributed by atoms with Crippen LogP contribution in [0.15, 0.2) is 35.9 Å². The van der Waals surface area contributed by atoms with E-state index in [9.17, 15) is 9.18 Å². The van der Waals surface area contributed by atoms with E-state index < -0.39 is 5.97 Å². The number of aliphatic carboxylic acids is 1. The normalized spacial score (nSPS) is 11.2. The van der Waals surface area contributed by atoms with Gasteiger partial charge in [-0.1, -0.05) is 13.0 Å². The molecule has 0 saturated heterocycles. The minimum absolute atomic E-state index is 0.291. The standard InChI is InChI=1S/C12H14FNO2/c1-2-9(12(15)16)7-8-14-11-5-3-10(13)4-6-11/h3-7,14H,2,8H2,1H3,(H,15,16)/b9-7-. The molecule has 0 aliphatic heterocycles. The van der Waals surface area contributed by atoms with E-state index in [-0.39, 0.29) is 5.82 Å². The van der Waals surface area contributed by atoms with E-state index in [0.29, 0.717) is 18.5 Å². The number of halogens is 1. The van der Waals surface area contributed by atoms with Gasteiger partial charge in [0.1, 0.15) is 5.82 Å². The second kappa shape index (κ2) is 5.90. The molecule has 4 heteroatoms. The van der Waals surface area contributed by atoms with Crippen molar-refractivity contribution in [3.8, 4) is 0 Å². The molecule has 16 heavy (non-hydrogen) atoms. The first-order valence-electron chi connectivity index (χ1n) is 5.05. The fraction of sp³-hybridized carbons (Fsp3) is 0.250. The van der Waals surface area contributed by atoms with Crippen LogP contribution in [0.1, 0.15) is 13.3 Å². The van der Waals surface area contributed by atoms with Crippen molar-refractivity contribution >= 4 is 11.7 Å². The van der Waals surface area contributed by atoms with Crippen molar-refractivity contribution < 1.29 is 14.3 Å². The summed E-state index contributed by atoms with van der Waals surface area (Å²) in [5.74, 6) is -1.19. The SMILES string of the molecule is CC/C(=C/CNc1ccc(F)cc1)C(=O)O. The van der Waals surface area contributed by atoms with Crippen LogP contribution < -0.4 is 5.32 Å². The molecule has 1 aromatic carbocycles. The van der Waals surface area contributed by atoms with Crippen LogP contribution in [0.5, 0.6) is 0 Å². The van der Waals surface area contributed by atoms with Crippen LogP contribution in [-0.4, -0.2) is 17.6 Å². The van der Waals surface area contributed by atoms with Crippen LogP contribution in [-0.2, 0) is 4.79 Å². The first-order valence-corrected chi connectivity index (χ1v) is 5.05. The molecule has 0 bridgehead atoms. The lowest BCUT2D eigenvalue weighted by atomic mass is 10.2. The molecule has 0 aliphatic carbocycles. The van der Waals surface area contributed by atoms with Gasteiger partial charge in [-0.2, -0.15) is 0 Å². The van der Waals surface area contributed by atoms with Crippen LogP contribution in [0.25, 0.3) is 0 Å². The highest BCUT2D eigenvalue weighted by molar-refractivity contribution is 5.86. The molecule has 1 rings (SSSR count). The van der Waals surface area contributed by atoms with Gasteiger partial charge in [0.2, 0.25) is 0 Å². The lowest BCUT2D eigenvalue weighted by Crippen LogP contribution is -2.04. The van der Waals surface area contributed by atoms with E-state index in [4.69, 9.17) is 5.11 Å². The highest BCUT2D eigenvalue weighted by Gasteiger charge is 2.02. The van der Waals surface area contributed by atoms with Crippen LogP contribution >= 0.6 is 0 Å². The fourth-order valence-corrected chi connectivity index (χ4v) is 1.24. The second-order valence-electron chi connectivity index (χ2n) is 3.28. The zero-order valence-electron chi connectivity index (χ0n) is 9.03. The maximum Gasteiger partial charge on any atom is 0.331 e. The summed E-state index contributed by atoms with van der Waals surface area (Å²) in [5, 5.41) is 11.7. The molecule has 2 N–H and O–H groups in total. The summed E-state index contributed by atoms with van der Waals surface area (Å²) in [6, 6.07) is 5.92. The second-order valence-corrected chi connectivity index (χ2v) is 3.28. The molecule has 0 aliphatic rings. The van der Waals surface area contributed by atoms with Crippen molar-refractivity contribution in [1.29, 1.82) is 0 Å². The minimum atomic E-state index is -0.900. The summed E-state index contributed by atoms with van der Waals surface area (Å²) in [6.45, 7) is 2.21. The fourth-order valence-electron chi connectivity index (χ4n) is 1.24. The molecule has 86 valence electrons. The summed E-state index contributed by atoms with van der Waals surface area (Å²) in [4.78, 5) is 10.7. The van der Waals surface area contributed by atoms with Crippen molar-refractivity contribution in [3.63, 3.8) is 0 Å². The molecular weight excluding hydrogens is 209 g/mol. The largest absolute Gasteiger partial charge is 0.478 e. The van der Waals surface area contributed by atoms with Gasteiger partial charge in [0, 0.05) is 17.8 Å². The number of carboxylic acids is 1. The van der Waals surface area contributed by atoms with Crippen LogP contribution in [0.2, 0.25) is 0 Å². The quantitative estimate of drug-likeness (QED) is 0.754. The van der Waals surface area contributed by atoms with Crippen molar-refractivity contribution in [1.82, 2.24) is 0 Å². The highest BCUT2D eigenvalue weighted by Crippen LogP contribution is 2.08. The first-order chi connectivity index (χ1) is 7.63. The number of hydrogen-bond acceptors (Lipinski definition) is 2. The Hall–Kier alpha value is -1.84. The summed E-state index contributed by atoms with van der Waals surface area (Å²) >= 11 is 0. The number of hydrogen-bond donors (Lipinski definition) is 2. The molecule has 0 unspecified atom stereocenters. The van der Waals surface area contributed by atoms with E-state index >= 15 is 0 Å². The molecule has 0 atom stereocenters. The van der Waals surface area contributed by atoms with E-state index in [1.807, 2.05) is 0 Å². The molecular formula is C12H14FNO2. The molecule has 0 heterocycles. The monoisotopic (exact) mass is 223 g/mol. The molecule has 1 aromatic rings. The van der Waals surface area contributed by atoms with Gasteiger partial charge in [-0.25, -0.2) is 9.18 Å². The van der Waals surface area contributed by atoms with Crippen molar-refractivity contribution in [2.75, 3.05) is 11.9 Å². The third-order valence-corrected chi connectivity index (χ3v) is 2.15. The summed E-state index contributed by atoms with van der Waals surface area (Å²) < 4.78 is 12.6. The van der Waals surface area contributed by atoms with Crippen LogP contribution in [0, 0.1) is 5.82 Å². The Kier molecular flexibility index (Phi) is 4.51. The Bertz CT molecular complexity index is 385. The molecule has 3 nitrogen and oxygen atoms in total. The molecule has 0 radical (unpaired) electrons. The maximum absolute atomic E-state index is 12.6. The van der Waals surface area contributed by atoms with Gasteiger partial charge in [-0.3, -0.25) is 0 Å². The van der Waals surface area contributed by atoms with Gasteiger partial charge >= 0.3 is 5.97 Å². The lowest BCUT2D eigenvalue weighted by molar-refractivity contribution is -0.132. The predicted molar refractivity (Wildman–Crippen MR) is 60.9 cm³/mol. The van der Waals surface area contributed by atoms with Gasteiger partial charge in [0.05, 0.1) is 0 Å². The summed E-state index contributed by atoms with van der Waals surface area (Å²) in [5.41, 5.74) is 1.13. The van der Waals surface area contributed by atoms with E-state index in [0.717, 1.165) is 5.69 Å². The van der Waals surface area contributed by atoms with E-state index in [1.165, 1.54) is 12.1 Å². The Balaban J connectivity index is 2.52. The number of carboxylic acid groups (broad SMARTS) is 1. The van der Waals surface area contributed by atoms with Gasteiger partial charge in [-0.05, 0) is 30.7 Å². The minimum Gasteiger partial charge on any atom is -0.478 e. The first kappa shape index (κ1) is 12.2. The molecule has 0 spiro atoms. The summed E-state index contributed by atoms with van der Waals surface area (Å²) in [6.07, 6.45) is 2.10. The Morgan fingerprint density at radius 2 is 2.06 bits per heavy atom. The smallest absolute Gasteiger partial charge is 0.331 e. The van der Waals surface area contributed by atoms with Crippen LogP contribution in [0.4, 0.5) is 10.1 Å². The van der Waals surface area contributed by atoms with Gasteiger partial charge in [0.15, 0.2) is 0 Å². The molecule has 0 aromatic heterocycles. The number of anilines is 1. The third kappa shape index (κ3) is 3.73. The van der Waals surface area contributed by atoms with Crippen molar-refractivity contribution in [2.45, 2.75) is 13.3 Å². The van der Waals surface area contributed by atoms with E-state index in [2.05, 4.69) is 5.32 Å². The Morgan fingerprint density at radius 1 is 1.44 bits per heavy atom. The average Bonchev–Trinajstić information content (AvgIpc) is 2.26. The van der Waals surface area contributed by atoms with Crippen molar-refractivity contribution in [2.24, 2.45) is 0 Å². The summed E-state index contributed by atoms with van der Waals surface area (Å²) in [7, 11) is 0. The molecule has 0 amide bonds. The number of rotatable bonds is 5. The topological polar surface area (TPSA) is 49.3 Å². The lowest BCUT2D eigenvalue weighted by Gasteiger charge is -2.03. The average molecular weight is 223 g/mol. The predicted octanol–water partition coefficient (Wildman–Crippen LogP) is 2.66. The zero-order valence-corrected chi connectivity index (χ0v) is 9.03. The van der Waals surface area contributed by atoms with E-state index in [1.54, 1.807) is 25.1 Å². The third-order valence-electron chi connectivity index (χ3n) is 2.15. The van der Waals surface area contributed by atoms with Gasteiger partial charge in [0.25, 0.3) is 0 Å². The van der Waals surface area contributed by atoms with Crippen molar-refractivity contribution in [3.05, 3.63) is 41.7 Å². The van der Waals surface area contributed by atoms with Crippen LogP contribution in [0.3, 0.4) is 0 Å². The maximum atomic E-state index is 12.6. The molecule has 0 fully saturated rings. The van der Waals surface area contributed by atoms with Gasteiger partial charge in [-0.15, -0.1) is 0 Å².